The fourth-order valence-electron chi connectivity index (χ4n) is 8.47. The van der Waals surface area contributed by atoms with E-state index < -0.39 is 0 Å². The van der Waals surface area contributed by atoms with Gasteiger partial charge in [0.1, 0.15) is 10.8 Å². The van der Waals surface area contributed by atoms with Crippen molar-refractivity contribution in [2.24, 2.45) is 23.2 Å². The van der Waals surface area contributed by atoms with Gasteiger partial charge in [-0.05, 0) is 106 Å². The number of benzene rings is 1. The van der Waals surface area contributed by atoms with Crippen LogP contribution in [0.1, 0.15) is 90.2 Å². The van der Waals surface area contributed by atoms with Gasteiger partial charge in [-0.25, -0.2) is 0 Å². The highest BCUT2D eigenvalue weighted by Crippen LogP contribution is 2.59. The van der Waals surface area contributed by atoms with Gasteiger partial charge in [-0.15, -0.1) is 21.5 Å². The van der Waals surface area contributed by atoms with Gasteiger partial charge >= 0.3 is 0 Å². The van der Waals surface area contributed by atoms with E-state index in [4.69, 9.17) is 11.6 Å². The highest BCUT2D eigenvalue weighted by atomic mass is 35.5. The number of amides is 1. The van der Waals surface area contributed by atoms with Gasteiger partial charge in [0.15, 0.2) is 5.82 Å². The molecular weight excluding hydrogens is 514 g/mol. The number of hydrogen-bond acceptors (Lipinski definition) is 5. The van der Waals surface area contributed by atoms with Gasteiger partial charge in [0.2, 0.25) is 5.91 Å². The molecule has 4 fully saturated rings. The fraction of sp³-hybridized carbons (Fsp3) is 0.567. The molecule has 200 valence electrons. The van der Waals surface area contributed by atoms with Gasteiger partial charge in [-0.1, -0.05) is 23.7 Å². The van der Waals surface area contributed by atoms with Crippen molar-refractivity contribution in [3.8, 4) is 5.00 Å². The van der Waals surface area contributed by atoms with Gasteiger partial charge in [-0.2, -0.15) is 0 Å². The van der Waals surface area contributed by atoms with Crippen LogP contribution in [0.4, 0.5) is 0 Å². The van der Waals surface area contributed by atoms with Crippen molar-refractivity contribution < 1.29 is 4.79 Å². The molecule has 1 amide bonds. The maximum atomic E-state index is 13.5. The zero-order valence-corrected chi connectivity index (χ0v) is 24.0. The highest BCUT2D eigenvalue weighted by Gasteiger charge is 2.50. The molecule has 8 rings (SSSR count). The topological polar surface area (TPSA) is 71.8 Å². The molecular formula is C30H36ClN5OS. The molecule has 4 saturated carbocycles. The Morgan fingerprint density at radius 3 is 2.39 bits per heavy atom. The van der Waals surface area contributed by atoms with Crippen molar-refractivity contribution in [1.29, 1.82) is 0 Å². The van der Waals surface area contributed by atoms with E-state index in [2.05, 4.69) is 51.4 Å². The highest BCUT2D eigenvalue weighted by molar-refractivity contribution is 7.14. The number of rotatable bonds is 5. The molecule has 5 aliphatic rings. The van der Waals surface area contributed by atoms with Crippen molar-refractivity contribution in [3.05, 3.63) is 62.5 Å². The van der Waals surface area contributed by atoms with Crippen molar-refractivity contribution in [3.63, 3.8) is 0 Å². The number of carbonyl (C=O) groups is 1. The Bertz CT molecular complexity index is 1360. The maximum absolute atomic E-state index is 13.5. The van der Waals surface area contributed by atoms with Gasteiger partial charge in [0.25, 0.3) is 0 Å². The van der Waals surface area contributed by atoms with Gasteiger partial charge in [-0.3, -0.25) is 14.7 Å². The summed E-state index contributed by atoms with van der Waals surface area (Å²) in [5.41, 5.74) is 3.95. The summed E-state index contributed by atoms with van der Waals surface area (Å²) in [4.78, 5) is 14.8. The Morgan fingerprint density at radius 2 is 1.74 bits per heavy atom. The zero-order chi connectivity index (χ0) is 26.2. The minimum Gasteiger partial charge on any atom is -0.355 e. The van der Waals surface area contributed by atoms with Gasteiger partial charge < -0.3 is 5.32 Å². The molecule has 0 spiro atoms. The number of aromatic nitrogens is 3. The smallest absolute Gasteiger partial charge is 0.222 e. The summed E-state index contributed by atoms with van der Waals surface area (Å²) in [5, 5.41) is 18.1. The molecule has 2 aromatic heterocycles. The summed E-state index contributed by atoms with van der Waals surface area (Å²) in [6.45, 7) is 7.17. The molecule has 1 aliphatic heterocycles. The SMILES string of the molecule is Cc1sc2c(c1C)[C@@H](c1ccc(Cl)cc1)N[C@@H](CC(=O)NCC13CC4CC(CC(C4)C1)C3)c1nnc(C)n1-2. The fourth-order valence-corrected chi connectivity index (χ4v) is 9.84. The maximum Gasteiger partial charge on any atom is 0.222 e. The van der Waals surface area contributed by atoms with Crippen LogP contribution in [0.3, 0.4) is 0 Å². The molecule has 2 atom stereocenters. The minimum atomic E-state index is -0.257. The monoisotopic (exact) mass is 549 g/mol. The lowest BCUT2D eigenvalue weighted by Crippen LogP contribution is -2.51. The molecule has 0 saturated heterocycles. The van der Waals surface area contributed by atoms with Crippen LogP contribution in [0.5, 0.6) is 0 Å². The van der Waals surface area contributed by atoms with E-state index in [9.17, 15) is 4.79 Å². The van der Waals surface area contributed by atoms with Gasteiger partial charge in [0, 0.05) is 28.4 Å². The first kappa shape index (κ1) is 24.8. The average Bonchev–Trinajstić information content (AvgIpc) is 3.35. The van der Waals surface area contributed by atoms with Crippen LogP contribution in [-0.2, 0) is 4.79 Å². The summed E-state index contributed by atoms with van der Waals surface area (Å²) in [5.74, 6) is 4.40. The van der Waals surface area contributed by atoms with E-state index >= 15 is 0 Å². The first-order valence-corrected chi connectivity index (χ1v) is 15.3. The summed E-state index contributed by atoms with van der Waals surface area (Å²) < 4.78 is 2.17. The van der Waals surface area contributed by atoms with Crippen LogP contribution in [0.25, 0.3) is 5.00 Å². The number of aryl methyl sites for hydroxylation is 2. The quantitative estimate of drug-likeness (QED) is 0.388. The third kappa shape index (κ3) is 4.13. The molecule has 2 N–H and O–H groups in total. The molecule has 0 radical (unpaired) electrons. The molecule has 8 heteroatoms. The van der Waals surface area contributed by atoms with Crippen LogP contribution < -0.4 is 10.6 Å². The second-order valence-electron chi connectivity index (χ2n) is 12.5. The number of nitrogens with one attached hydrogen (secondary N) is 2. The third-order valence-electron chi connectivity index (χ3n) is 9.85. The Morgan fingerprint density at radius 1 is 1.08 bits per heavy atom. The summed E-state index contributed by atoms with van der Waals surface area (Å²) in [6.07, 6.45) is 8.49. The largest absolute Gasteiger partial charge is 0.355 e. The predicted molar refractivity (Wildman–Crippen MR) is 151 cm³/mol. The van der Waals surface area contributed by atoms with Crippen LogP contribution in [0.15, 0.2) is 24.3 Å². The normalized spacial score (nSPS) is 31.1. The summed E-state index contributed by atoms with van der Waals surface area (Å²) >= 11 is 8.02. The van der Waals surface area contributed by atoms with E-state index in [0.29, 0.717) is 11.8 Å². The van der Waals surface area contributed by atoms with Crippen LogP contribution in [0, 0.1) is 43.9 Å². The van der Waals surface area contributed by atoms with Crippen molar-refractivity contribution in [1.82, 2.24) is 25.4 Å². The van der Waals surface area contributed by atoms with E-state index in [1.807, 2.05) is 19.1 Å². The summed E-state index contributed by atoms with van der Waals surface area (Å²) in [7, 11) is 0. The molecule has 4 bridgehead atoms. The van der Waals surface area contributed by atoms with Crippen LogP contribution in [-0.4, -0.2) is 27.2 Å². The number of fused-ring (bicyclic) bond motifs is 3. The Kier molecular flexibility index (Phi) is 5.98. The molecule has 3 aromatic rings. The number of carbonyl (C=O) groups excluding carboxylic acids is 1. The molecule has 6 nitrogen and oxygen atoms in total. The number of thiophene rings is 1. The standard InChI is InChI=1S/C30H36ClN5OS/c1-16-17(2)38-29-26(16)27(22-4-6-23(31)7-5-22)33-24(28-35-34-18(3)36(28)29)11-25(37)32-15-30-12-19-8-20(13-30)10-21(9-19)14-30/h4-7,19-21,24,27,33H,8-15H2,1-3H3,(H,32,37)/t19?,20?,21?,24-,27+,30?/m0/s1. The average molecular weight is 550 g/mol. The van der Waals surface area contributed by atoms with Crippen LogP contribution in [0.2, 0.25) is 5.02 Å². The molecule has 4 aliphatic carbocycles. The molecule has 0 unspecified atom stereocenters. The number of nitrogens with zero attached hydrogens (tertiary/aromatic N) is 3. The third-order valence-corrected chi connectivity index (χ3v) is 11.3. The summed E-state index contributed by atoms with van der Waals surface area (Å²) in [6, 6.07) is 7.72. The molecule has 1 aromatic carbocycles. The molecule has 38 heavy (non-hydrogen) atoms. The van der Waals surface area contributed by atoms with Crippen LogP contribution >= 0.6 is 22.9 Å². The van der Waals surface area contributed by atoms with E-state index in [0.717, 1.165) is 51.5 Å². The van der Waals surface area contributed by atoms with Gasteiger partial charge in [0.05, 0.1) is 12.1 Å². The molecule has 3 heterocycles. The predicted octanol–water partition coefficient (Wildman–Crippen LogP) is 6.36. The lowest BCUT2D eigenvalue weighted by Gasteiger charge is -2.56. The van der Waals surface area contributed by atoms with Crippen molar-refractivity contribution in [2.75, 3.05) is 6.54 Å². The second-order valence-corrected chi connectivity index (χ2v) is 14.2. The Labute approximate surface area is 233 Å². The second kappa shape index (κ2) is 9.17. The Balaban J connectivity index is 1.18. The lowest BCUT2D eigenvalue weighted by molar-refractivity contribution is -0.123. The van der Waals surface area contributed by atoms with Crippen molar-refractivity contribution >= 4 is 28.8 Å². The first-order chi connectivity index (χ1) is 18.3. The Hall–Kier alpha value is -2.22. The van der Waals surface area contributed by atoms with Crippen molar-refractivity contribution in [2.45, 2.75) is 77.8 Å². The van der Waals surface area contributed by atoms with E-state index in [1.165, 1.54) is 54.5 Å². The van der Waals surface area contributed by atoms with E-state index in [-0.39, 0.29) is 18.0 Å². The lowest BCUT2D eigenvalue weighted by atomic mass is 9.49. The first-order valence-electron chi connectivity index (χ1n) is 14.1. The number of hydrogen-bond donors (Lipinski definition) is 2. The van der Waals surface area contributed by atoms with E-state index in [1.54, 1.807) is 11.3 Å². The minimum absolute atomic E-state index is 0.0748. The zero-order valence-electron chi connectivity index (χ0n) is 22.4. The number of halogens is 1.